The average molecular weight is 584 g/mol. The van der Waals surface area contributed by atoms with Gasteiger partial charge in [-0.1, -0.05) is 6.07 Å². The third-order valence-corrected chi connectivity index (χ3v) is 8.02. The topological polar surface area (TPSA) is 84.9 Å². The van der Waals surface area contributed by atoms with Crippen molar-refractivity contribution >= 4 is 40.5 Å². The van der Waals surface area contributed by atoms with Crippen LogP contribution in [0.5, 0.6) is 0 Å². The molecule has 2 atom stereocenters. The number of hydrogen-bond donors (Lipinski definition) is 1. The number of carbonyl (C=O) groups is 2. The lowest BCUT2D eigenvalue weighted by atomic mass is 9.95. The summed E-state index contributed by atoms with van der Waals surface area (Å²) in [6, 6.07) is 8.55. The molecule has 1 N–H and O–H groups in total. The molecule has 6 rings (SSSR count). The number of alkyl halides is 3. The van der Waals surface area contributed by atoms with Crippen LogP contribution in [0.4, 0.5) is 46.3 Å². The zero-order valence-corrected chi connectivity index (χ0v) is 23.0. The number of carbonyl (C=O) groups excluding carboxylic acids is 2. The highest BCUT2D eigenvalue weighted by atomic mass is 19.4. The summed E-state index contributed by atoms with van der Waals surface area (Å²) in [4.78, 5) is 42.4. The molecule has 220 valence electrons. The number of nitrogens with one attached hydrogen (secondary N) is 1. The molecule has 0 bridgehead atoms. The Hall–Kier alpha value is -4.26. The van der Waals surface area contributed by atoms with Crippen LogP contribution in [0.1, 0.15) is 17.7 Å². The molecule has 2 saturated heterocycles. The molecule has 5 heterocycles. The van der Waals surface area contributed by atoms with E-state index in [9.17, 15) is 22.8 Å². The van der Waals surface area contributed by atoms with Crippen molar-refractivity contribution in [1.82, 2.24) is 15.3 Å². The maximum absolute atomic E-state index is 15.6. The summed E-state index contributed by atoms with van der Waals surface area (Å²) in [6.07, 6.45) is -3.15. The molecule has 0 radical (unpaired) electrons. The van der Waals surface area contributed by atoms with E-state index in [1.807, 2.05) is 6.07 Å². The summed E-state index contributed by atoms with van der Waals surface area (Å²) < 4.78 is 56.6. The van der Waals surface area contributed by atoms with Crippen LogP contribution in [0.15, 0.2) is 48.7 Å². The molecule has 3 aromatic rings. The smallest absolute Gasteiger partial charge is 0.354 e. The molecule has 1 aromatic carbocycles. The molecular formula is C29H29F4N7O2. The monoisotopic (exact) mass is 583 g/mol. The van der Waals surface area contributed by atoms with Gasteiger partial charge < -0.3 is 20.0 Å². The van der Waals surface area contributed by atoms with Crippen molar-refractivity contribution in [3.8, 4) is 0 Å². The summed E-state index contributed by atoms with van der Waals surface area (Å²) in [5, 5.41) is 3.30. The molecular weight excluding hydrogens is 554 g/mol. The molecule has 3 aliphatic rings. The van der Waals surface area contributed by atoms with Gasteiger partial charge in [0.25, 0.3) is 0 Å². The molecule has 0 spiro atoms. The second-order valence-corrected chi connectivity index (χ2v) is 10.8. The summed E-state index contributed by atoms with van der Waals surface area (Å²) >= 11 is 0. The predicted molar refractivity (Wildman–Crippen MR) is 149 cm³/mol. The van der Waals surface area contributed by atoms with Gasteiger partial charge in [-0.15, -0.1) is 0 Å². The number of likely N-dealkylation sites (N-methyl/N-ethyl adjacent to an activating group) is 1. The molecule has 2 aromatic heterocycles. The van der Waals surface area contributed by atoms with E-state index in [0.29, 0.717) is 11.5 Å². The molecule has 42 heavy (non-hydrogen) atoms. The van der Waals surface area contributed by atoms with Crippen LogP contribution in [0.2, 0.25) is 0 Å². The minimum Gasteiger partial charge on any atom is -0.354 e. The van der Waals surface area contributed by atoms with Crippen LogP contribution in [-0.2, 0) is 15.8 Å². The first kappa shape index (κ1) is 27.9. The van der Waals surface area contributed by atoms with Crippen LogP contribution < -0.4 is 24.9 Å². The number of amides is 2. The number of nitrogens with zero attached hydrogens (tertiary/aromatic N) is 6. The Kier molecular flexibility index (Phi) is 7.00. The van der Waals surface area contributed by atoms with Crippen LogP contribution >= 0.6 is 0 Å². The lowest BCUT2D eigenvalue weighted by Gasteiger charge is -2.39. The Morgan fingerprint density at radius 3 is 2.52 bits per heavy atom. The fraction of sp³-hybridized carbons (Fsp3) is 0.379. The van der Waals surface area contributed by atoms with Crippen LogP contribution in [-0.4, -0.2) is 67.6 Å². The molecule has 0 aliphatic carbocycles. The van der Waals surface area contributed by atoms with Gasteiger partial charge in [-0.25, -0.2) is 14.4 Å². The van der Waals surface area contributed by atoms with Gasteiger partial charge >= 0.3 is 6.18 Å². The highest BCUT2D eigenvalue weighted by molar-refractivity contribution is 6.10. The van der Waals surface area contributed by atoms with E-state index < -0.39 is 41.3 Å². The van der Waals surface area contributed by atoms with Crippen molar-refractivity contribution in [2.24, 2.45) is 5.92 Å². The number of aryl methyl sites for hydroxylation is 1. The van der Waals surface area contributed by atoms with Gasteiger partial charge in [0.15, 0.2) is 0 Å². The quantitative estimate of drug-likeness (QED) is 0.469. The number of rotatable bonds is 3. The number of hydrogen-bond acceptors (Lipinski definition) is 7. The summed E-state index contributed by atoms with van der Waals surface area (Å²) in [6.45, 7) is 4.55. The number of aromatic nitrogens is 2. The zero-order chi connectivity index (χ0) is 29.8. The van der Waals surface area contributed by atoms with Crippen molar-refractivity contribution in [2.75, 3.05) is 59.4 Å². The fourth-order valence-electron chi connectivity index (χ4n) is 6.05. The number of benzene rings is 1. The van der Waals surface area contributed by atoms with Gasteiger partial charge in [-0.2, -0.15) is 13.2 Å². The molecule has 13 heteroatoms. The SMILES string of the molecule is Cc1cc(C(F)(F)F)cc(N2C(=O)C[C@@H]3CN(c4ccnc(N5CCNCC5)c4)c4c(F)cccc4N(C)C(=O)[C@H]32)n1. The van der Waals surface area contributed by atoms with E-state index in [2.05, 4.69) is 20.2 Å². The fourth-order valence-corrected chi connectivity index (χ4v) is 6.05. The Morgan fingerprint density at radius 2 is 1.79 bits per heavy atom. The Bertz CT molecular complexity index is 1540. The number of piperazine rings is 1. The van der Waals surface area contributed by atoms with Gasteiger partial charge in [0.1, 0.15) is 29.2 Å². The molecule has 2 amide bonds. The number of anilines is 5. The standard InChI is InChI=1S/C29H29F4N7O2/c1-17-12-19(29(31,32)33)14-24(36-17)40-25(41)13-18-16-39(20-6-7-35-23(15-20)38-10-8-34-9-11-38)27-21(30)4-3-5-22(27)37(2)28(42)26(18)40/h3-7,12,14-15,18,26,34H,8-11,13,16H2,1-2H3/t18-,26+/m1/s1. The van der Waals surface area contributed by atoms with E-state index in [1.165, 1.54) is 31.0 Å². The van der Waals surface area contributed by atoms with Gasteiger partial charge in [-0.3, -0.25) is 14.5 Å². The van der Waals surface area contributed by atoms with Crippen LogP contribution in [0, 0.1) is 18.7 Å². The first-order chi connectivity index (χ1) is 20.0. The third-order valence-electron chi connectivity index (χ3n) is 8.02. The Morgan fingerprint density at radius 1 is 1.02 bits per heavy atom. The number of halogens is 4. The van der Waals surface area contributed by atoms with Crippen molar-refractivity contribution in [1.29, 1.82) is 0 Å². The largest absolute Gasteiger partial charge is 0.416 e. The first-order valence-corrected chi connectivity index (χ1v) is 13.7. The molecule has 0 saturated carbocycles. The zero-order valence-electron chi connectivity index (χ0n) is 23.0. The van der Waals surface area contributed by atoms with Gasteiger partial charge in [0, 0.05) is 75.8 Å². The lowest BCUT2D eigenvalue weighted by Crippen LogP contribution is -2.52. The number of para-hydroxylation sites is 1. The summed E-state index contributed by atoms with van der Waals surface area (Å²) in [5.41, 5.74) is 0.160. The molecule has 2 fully saturated rings. The third kappa shape index (κ3) is 4.91. The van der Waals surface area contributed by atoms with Crippen molar-refractivity contribution in [2.45, 2.75) is 25.6 Å². The summed E-state index contributed by atoms with van der Waals surface area (Å²) in [7, 11) is 1.48. The first-order valence-electron chi connectivity index (χ1n) is 13.7. The molecule has 0 unspecified atom stereocenters. The Labute approximate surface area is 239 Å². The second kappa shape index (κ2) is 10.5. The van der Waals surface area contributed by atoms with Crippen LogP contribution in [0.3, 0.4) is 0 Å². The maximum atomic E-state index is 15.6. The highest BCUT2D eigenvalue weighted by Gasteiger charge is 2.49. The molecule has 3 aliphatic heterocycles. The Balaban J connectivity index is 1.46. The highest BCUT2D eigenvalue weighted by Crippen LogP contribution is 2.44. The van der Waals surface area contributed by atoms with E-state index in [0.717, 1.165) is 43.2 Å². The van der Waals surface area contributed by atoms with Crippen molar-refractivity contribution in [3.63, 3.8) is 0 Å². The number of fused-ring (bicyclic) bond motifs is 2. The molecule has 9 nitrogen and oxygen atoms in total. The normalized spacial score (nSPS) is 21.3. The van der Waals surface area contributed by atoms with Gasteiger partial charge in [0.05, 0.1) is 11.3 Å². The predicted octanol–water partition coefficient (Wildman–Crippen LogP) is 3.89. The van der Waals surface area contributed by atoms with Crippen molar-refractivity contribution < 1.29 is 27.2 Å². The minimum atomic E-state index is -4.66. The van der Waals surface area contributed by atoms with E-state index in [1.54, 1.807) is 23.2 Å². The number of pyridine rings is 2. The average Bonchev–Trinajstić information content (AvgIpc) is 3.29. The van der Waals surface area contributed by atoms with E-state index in [-0.39, 0.29) is 35.9 Å². The van der Waals surface area contributed by atoms with E-state index in [4.69, 9.17) is 0 Å². The van der Waals surface area contributed by atoms with Gasteiger partial charge in [-0.05, 0) is 37.3 Å². The second-order valence-electron chi connectivity index (χ2n) is 10.8. The van der Waals surface area contributed by atoms with Crippen LogP contribution in [0.25, 0.3) is 0 Å². The van der Waals surface area contributed by atoms with E-state index >= 15 is 4.39 Å². The van der Waals surface area contributed by atoms with Crippen molar-refractivity contribution in [3.05, 3.63) is 65.7 Å². The maximum Gasteiger partial charge on any atom is 0.416 e. The lowest BCUT2D eigenvalue weighted by molar-refractivity contribution is -0.137. The summed E-state index contributed by atoms with van der Waals surface area (Å²) in [5.74, 6) is -1.82. The minimum absolute atomic E-state index is 0.0589. The van der Waals surface area contributed by atoms with Gasteiger partial charge in [0.2, 0.25) is 11.8 Å².